The average Bonchev–Trinajstić information content (AvgIpc) is 3.46. The van der Waals surface area contributed by atoms with Gasteiger partial charge in [0, 0.05) is 19.0 Å². The van der Waals surface area contributed by atoms with Gasteiger partial charge in [-0.05, 0) is 54.1 Å². The molecule has 0 saturated carbocycles. The Labute approximate surface area is 197 Å². The fourth-order valence-corrected chi connectivity index (χ4v) is 5.96. The highest BCUT2D eigenvalue weighted by atomic mass is 32.1. The van der Waals surface area contributed by atoms with Crippen molar-refractivity contribution in [1.29, 1.82) is 0 Å². The predicted octanol–water partition coefficient (Wildman–Crippen LogP) is 5.82. The van der Waals surface area contributed by atoms with Crippen molar-refractivity contribution in [2.24, 2.45) is 0 Å². The van der Waals surface area contributed by atoms with E-state index in [1.54, 1.807) is 16.2 Å². The van der Waals surface area contributed by atoms with Crippen LogP contribution >= 0.6 is 11.3 Å². The first-order valence-electron chi connectivity index (χ1n) is 11.2. The van der Waals surface area contributed by atoms with Crippen molar-refractivity contribution in [3.63, 3.8) is 0 Å². The van der Waals surface area contributed by atoms with Crippen molar-refractivity contribution in [1.82, 2.24) is 9.47 Å². The minimum Gasteiger partial charge on any atom is -0.370 e. The third-order valence-corrected chi connectivity index (χ3v) is 7.79. The molecule has 1 unspecified atom stereocenters. The monoisotopic (exact) mass is 454 g/mol. The van der Waals surface area contributed by atoms with E-state index in [2.05, 4.69) is 77.5 Å². The summed E-state index contributed by atoms with van der Waals surface area (Å²) in [5.74, 6) is 0.0687. The lowest BCUT2D eigenvalue weighted by Gasteiger charge is -2.35. The van der Waals surface area contributed by atoms with Gasteiger partial charge in [-0.15, -0.1) is 11.3 Å². The van der Waals surface area contributed by atoms with Crippen molar-refractivity contribution in [3.05, 3.63) is 87.2 Å². The van der Waals surface area contributed by atoms with Crippen LogP contribution in [0.4, 0.5) is 11.4 Å². The van der Waals surface area contributed by atoms with E-state index in [9.17, 15) is 4.79 Å². The van der Waals surface area contributed by atoms with Crippen LogP contribution in [-0.4, -0.2) is 36.1 Å². The number of amides is 1. The number of aromatic nitrogens is 1. The SMILES string of the molecule is Cc1cc2c(cc1C)-n1c(-c3ccccc3)c3c(c1C(c1cccs1)N2)N(C)CN(C)C3=O. The van der Waals surface area contributed by atoms with Crippen LogP contribution < -0.4 is 10.2 Å². The van der Waals surface area contributed by atoms with E-state index in [0.717, 1.165) is 39.6 Å². The summed E-state index contributed by atoms with van der Waals surface area (Å²) >= 11 is 1.74. The summed E-state index contributed by atoms with van der Waals surface area (Å²) in [5, 5.41) is 5.94. The number of aryl methyl sites for hydroxylation is 2. The van der Waals surface area contributed by atoms with Gasteiger partial charge in [0.15, 0.2) is 0 Å². The molecule has 5 nitrogen and oxygen atoms in total. The standard InChI is InChI=1S/C27H26N4OS/c1-16-13-19-20(14-17(16)2)31-24(18-9-6-5-7-10-18)22-25(29(3)15-30(4)27(22)32)26(31)23(28-19)21-11-8-12-33-21/h5-14,23,28H,15H2,1-4H3. The highest BCUT2D eigenvalue weighted by molar-refractivity contribution is 7.10. The third-order valence-electron chi connectivity index (χ3n) is 6.85. The van der Waals surface area contributed by atoms with Crippen LogP contribution in [0.5, 0.6) is 0 Å². The van der Waals surface area contributed by atoms with Crippen molar-refractivity contribution in [2.75, 3.05) is 31.0 Å². The molecule has 0 fully saturated rings. The number of benzene rings is 2. The van der Waals surface area contributed by atoms with Gasteiger partial charge in [0.25, 0.3) is 5.91 Å². The van der Waals surface area contributed by atoms with Gasteiger partial charge in [-0.1, -0.05) is 36.4 Å². The number of fused-ring (bicyclic) bond motifs is 5. The van der Waals surface area contributed by atoms with Crippen LogP contribution in [0.25, 0.3) is 16.9 Å². The van der Waals surface area contributed by atoms with Crippen molar-refractivity contribution in [3.8, 4) is 16.9 Å². The molecule has 0 aliphatic carbocycles. The minimum absolute atomic E-state index is 0.0375. The largest absolute Gasteiger partial charge is 0.370 e. The fourth-order valence-electron chi connectivity index (χ4n) is 5.18. The zero-order chi connectivity index (χ0) is 22.9. The molecule has 4 aromatic rings. The zero-order valence-corrected chi connectivity index (χ0v) is 20.0. The number of carbonyl (C=O) groups is 1. The molecule has 6 heteroatoms. The Morgan fingerprint density at radius 3 is 2.45 bits per heavy atom. The normalized spacial score (nSPS) is 16.8. The quantitative estimate of drug-likeness (QED) is 0.415. The van der Waals surface area contributed by atoms with Crippen LogP contribution in [0.15, 0.2) is 60.0 Å². The molecule has 2 aromatic heterocycles. The molecule has 0 bridgehead atoms. The summed E-state index contributed by atoms with van der Waals surface area (Å²) in [6, 6.07) is 19.0. The van der Waals surface area contributed by atoms with E-state index < -0.39 is 0 Å². The summed E-state index contributed by atoms with van der Waals surface area (Å²) in [7, 11) is 3.96. The number of nitrogens with zero attached hydrogens (tertiary/aromatic N) is 3. The fraction of sp³-hybridized carbons (Fsp3) is 0.222. The summed E-state index contributed by atoms with van der Waals surface area (Å²) in [5.41, 5.74) is 9.62. The van der Waals surface area contributed by atoms with Gasteiger partial charge >= 0.3 is 0 Å². The number of nitrogens with one attached hydrogen (secondary N) is 1. The topological polar surface area (TPSA) is 40.5 Å². The third kappa shape index (κ3) is 2.87. The van der Waals surface area contributed by atoms with E-state index in [1.807, 2.05) is 25.2 Å². The molecule has 33 heavy (non-hydrogen) atoms. The molecule has 2 aromatic carbocycles. The van der Waals surface area contributed by atoms with Gasteiger partial charge in [0.1, 0.15) is 6.04 Å². The molecule has 166 valence electrons. The lowest BCUT2D eigenvalue weighted by Crippen LogP contribution is -2.42. The molecule has 0 spiro atoms. The maximum Gasteiger partial charge on any atom is 0.259 e. The Kier molecular flexibility index (Phi) is 4.42. The van der Waals surface area contributed by atoms with Gasteiger partial charge in [-0.3, -0.25) is 4.79 Å². The van der Waals surface area contributed by atoms with E-state index in [0.29, 0.717) is 6.67 Å². The van der Waals surface area contributed by atoms with Gasteiger partial charge in [-0.25, -0.2) is 0 Å². The van der Waals surface area contributed by atoms with Crippen LogP contribution in [0.2, 0.25) is 0 Å². The molecule has 4 heterocycles. The molecular weight excluding hydrogens is 428 g/mol. The second-order valence-electron chi connectivity index (χ2n) is 9.05. The van der Waals surface area contributed by atoms with Crippen LogP contribution in [0.1, 0.15) is 38.1 Å². The van der Waals surface area contributed by atoms with Crippen LogP contribution in [-0.2, 0) is 0 Å². The molecule has 1 atom stereocenters. The molecule has 6 rings (SSSR count). The lowest BCUT2D eigenvalue weighted by atomic mass is 10.0. The zero-order valence-electron chi connectivity index (χ0n) is 19.2. The summed E-state index contributed by atoms with van der Waals surface area (Å²) < 4.78 is 2.34. The summed E-state index contributed by atoms with van der Waals surface area (Å²) in [6.07, 6.45) is 0. The maximum absolute atomic E-state index is 13.7. The van der Waals surface area contributed by atoms with Crippen LogP contribution in [0, 0.1) is 13.8 Å². The molecular formula is C27H26N4OS. The van der Waals surface area contributed by atoms with Gasteiger partial charge in [0.2, 0.25) is 0 Å². The predicted molar refractivity (Wildman–Crippen MR) is 136 cm³/mol. The number of thiophene rings is 1. The van der Waals surface area contributed by atoms with Gasteiger partial charge < -0.3 is 19.7 Å². The first kappa shape index (κ1) is 20.1. The van der Waals surface area contributed by atoms with Gasteiger partial charge in [0.05, 0.1) is 40.7 Å². The smallest absolute Gasteiger partial charge is 0.259 e. The molecule has 1 N–H and O–H groups in total. The van der Waals surface area contributed by atoms with E-state index >= 15 is 0 Å². The maximum atomic E-state index is 13.7. The minimum atomic E-state index is -0.0375. The second-order valence-corrected chi connectivity index (χ2v) is 10.0. The molecule has 2 aliphatic rings. The van der Waals surface area contributed by atoms with Crippen molar-refractivity contribution in [2.45, 2.75) is 19.9 Å². The molecule has 2 aliphatic heterocycles. The Morgan fingerprint density at radius 1 is 0.970 bits per heavy atom. The van der Waals surface area contributed by atoms with Crippen molar-refractivity contribution < 1.29 is 4.79 Å². The van der Waals surface area contributed by atoms with Crippen molar-refractivity contribution >= 4 is 28.6 Å². The Bertz CT molecular complexity index is 1390. The summed E-state index contributed by atoms with van der Waals surface area (Å²) in [4.78, 5) is 18.9. The Hall–Kier alpha value is -3.51. The molecule has 0 saturated heterocycles. The number of hydrogen-bond acceptors (Lipinski definition) is 4. The number of rotatable bonds is 2. The first-order valence-corrected chi connectivity index (χ1v) is 12.1. The Balaban J connectivity index is 1.78. The van der Waals surface area contributed by atoms with E-state index in [4.69, 9.17) is 0 Å². The van der Waals surface area contributed by atoms with Gasteiger partial charge in [-0.2, -0.15) is 0 Å². The Morgan fingerprint density at radius 2 is 1.73 bits per heavy atom. The number of carbonyl (C=O) groups excluding carboxylic acids is 1. The number of hydrogen-bond donors (Lipinski definition) is 1. The highest BCUT2D eigenvalue weighted by Gasteiger charge is 2.41. The average molecular weight is 455 g/mol. The first-order chi connectivity index (χ1) is 16.0. The highest BCUT2D eigenvalue weighted by Crippen LogP contribution is 2.51. The van der Waals surface area contributed by atoms with Crippen LogP contribution in [0.3, 0.4) is 0 Å². The molecule has 1 amide bonds. The molecule has 0 radical (unpaired) electrons. The van der Waals surface area contributed by atoms with E-state index in [1.165, 1.54) is 16.0 Å². The lowest BCUT2D eigenvalue weighted by molar-refractivity contribution is 0.0786. The number of anilines is 2. The second kappa shape index (κ2) is 7.25. The van der Waals surface area contributed by atoms with E-state index in [-0.39, 0.29) is 11.9 Å². The summed E-state index contributed by atoms with van der Waals surface area (Å²) in [6.45, 7) is 4.86.